The molecule has 0 unspecified atom stereocenters. The van der Waals surface area contributed by atoms with Crippen LogP contribution in [0.25, 0.3) is 10.9 Å². The zero-order valence-corrected chi connectivity index (χ0v) is 16.2. The molecule has 0 bridgehead atoms. The van der Waals surface area contributed by atoms with Gasteiger partial charge in [0.05, 0.1) is 18.3 Å². The van der Waals surface area contributed by atoms with E-state index < -0.39 is 0 Å². The zero-order chi connectivity index (χ0) is 19.8. The van der Waals surface area contributed by atoms with Gasteiger partial charge in [0.15, 0.2) is 0 Å². The molecule has 1 atom stereocenters. The van der Waals surface area contributed by atoms with E-state index in [0.717, 1.165) is 22.2 Å². The smallest absolute Gasteiger partial charge is 0.414 e. The van der Waals surface area contributed by atoms with Crippen LogP contribution < -0.4 is 15.8 Å². The number of aromatic amines is 1. The number of H-pyrrole nitrogens is 1. The molecule has 4 rings (SSSR count). The number of halogens is 1. The minimum Gasteiger partial charge on any atom is -0.447 e. The summed E-state index contributed by atoms with van der Waals surface area (Å²) in [6.07, 6.45) is 1.27. The second-order valence-electron chi connectivity index (χ2n) is 6.72. The normalized spacial score (nSPS) is 15.0. The molecular formula is C20H19ClN4O3. The van der Waals surface area contributed by atoms with Crippen molar-refractivity contribution in [3.8, 4) is 0 Å². The number of aromatic nitrogens is 2. The van der Waals surface area contributed by atoms with E-state index in [1.807, 2.05) is 26.0 Å². The van der Waals surface area contributed by atoms with Crippen molar-refractivity contribution in [3.63, 3.8) is 0 Å². The summed E-state index contributed by atoms with van der Waals surface area (Å²) in [5.74, 6) is 0.607. The summed E-state index contributed by atoms with van der Waals surface area (Å²) >= 11 is 6.07. The highest BCUT2D eigenvalue weighted by molar-refractivity contribution is 6.31. The second-order valence-corrected chi connectivity index (χ2v) is 7.16. The maximum Gasteiger partial charge on any atom is 0.414 e. The molecule has 0 aliphatic carbocycles. The van der Waals surface area contributed by atoms with E-state index in [2.05, 4.69) is 15.3 Å². The molecule has 1 aliphatic heterocycles. The van der Waals surface area contributed by atoms with E-state index in [9.17, 15) is 9.59 Å². The molecule has 1 fully saturated rings. The van der Waals surface area contributed by atoms with Crippen molar-refractivity contribution in [2.75, 3.05) is 23.4 Å². The van der Waals surface area contributed by atoms with E-state index in [1.54, 1.807) is 29.3 Å². The van der Waals surface area contributed by atoms with Crippen molar-refractivity contribution in [2.24, 2.45) is 0 Å². The Morgan fingerprint density at radius 1 is 1.29 bits per heavy atom. The summed E-state index contributed by atoms with van der Waals surface area (Å²) in [5.41, 5.74) is 2.68. The number of carbonyl (C=O) groups excluding carboxylic acids is 1. The van der Waals surface area contributed by atoms with Crippen LogP contribution in [0.4, 0.5) is 16.3 Å². The van der Waals surface area contributed by atoms with E-state index in [1.165, 1.54) is 0 Å². The SMILES string of the molecule is Cc1c(N2CCOC2=O)ccnc1N[C@@H](C)c1cc2cc(Cl)ccc2[nH]c1=O. The molecular weight excluding hydrogens is 380 g/mol. The molecule has 3 aromatic rings. The molecule has 1 amide bonds. The molecule has 7 nitrogen and oxygen atoms in total. The average Bonchev–Trinajstić information content (AvgIpc) is 3.09. The molecule has 144 valence electrons. The molecule has 1 aromatic carbocycles. The van der Waals surface area contributed by atoms with Crippen molar-refractivity contribution in [1.82, 2.24) is 9.97 Å². The first kappa shape index (κ1) is 18.3. The van der Waals surface area contributed by atoms with Crippen molar-refractivity contribution >= 4 is 40.1 Å². The van der Waals surface area contributed by atoms with Gasteiger partial charge in [0.25, 0.3) is 5.56 Å². The predicted molar refractivity (Wildman–Crippen MR) is 109 cm³/mol. The topological polar surface area (TPSA) is 87.3 Å². The lowest BCUT2D eigenvalue weighted by atomic mass is 10.1. The zero-order valence-electron chi connectivity index (χ0n) is 15.5. The first-order chi connectivity index (χ1) is 13.4. The van der Waals surface area contributed by atoms with E-state index in [0.29, 0.717) is 29.6 Å². The van der Waals surface area contributed by atoms with Crippen LogP contribution in [-0.2, 0) is 4.74 Å². The Bertz CT molecular complexity index is 1130. The highest BCUT2D eigenvalue weighted by atomic mass is 35.5. The predicted octanol–water partition coefficient (Wildman–Crippen LogP) is 4.01. The second kappa shape index (κ2) is 7.16. The number of ether oxygens (including phenoxy) is 1. The van der Waals surface area contributed by atoms with E-state index >= 15 is 0 Å². The minimum absolute atomic E-state index is 0.174. The van der Waals surface area contributed by atoms with Crippen LogP contribution in [0.1, 0.15) is 24.1 Å². The van der Waals surface area contributed by atoms with Gasteiger partial charge in [-0.2, -0.15) is 0 Å². The molecule has 2 aromatic heterocycles. The molecule has 28 heavy (non-hydrogen) atoms. The lowest BCUT2D eigenvalue weighted by Gasteiger charge is -2.20. The number of benzene rings is 1. The van der Waals surface area contributed by atoms with Gasteiger partial charge in [-0.1, -0.05) is 11.6 Å². The van der Waals surface area contributed by atoms with Crippen LogP contribution >= 0.6 is 11.6 Å². The van der Waals surface area contributed by atoms with E-state index in [-0.39, 0.29) is 17.7 Å². The number of carbonyl (C=O) groups is 1. The molecule has 1 saturated heterocycles. The summed E-state index contributed by atoms with van der Waals surface area (Å²) < 4.78 is 5.02. The third-order valence-corrected chi connectivity index (χ3v) is 5.12. The lowest BCUT2D eigenvalue weighted by Crippen LogP contribution is -2.25. The van der Waals surface area contributed by atoms with Crippen LogP contribution in [0.5, 0.6) is 0 Å². The van der Waals surface area contributed by atoms with Crippen LogP contribution in [0.2, 0.25) is 5.02 Å². The fourth-order valence-electron chi connectivity index (χ4n) is 3.37. The van der Waals surface area contributed by atoms with Gasteiger partial charge in [-0.25, -0.2) is 9.78 Å². The number of cyclic esters (lactones) is 1. The van der Waals surface area contributed by atoms with Crippen molar-refractivity contribution < 1.29 is 9.53 Å². The van der Waals surface area contributed by atoms with Crippen LogP contribution in [-0.4, -0.2) is 29.2 Å². The fraction of sp³-hybridized carbons (Fsp3) is 0.250. The summed E-state index contributed by atoms with van der Waals surface area (Å²) in [4.78, 5) is 33.3. The number of anilines is 2. The highest BCUT2D eigenvalue weighted by Crippen LogP contribution is 2.29. The van der Waals surface area contributed by atoms with Crippen LogP contribution in [0, 0.1) is 6.92 Å². The molecule has 0 saturated carbocycles. The Kier molecular flexibility index (Phi) is 4.68. The molecule has 0 radical (unpaired) electrons. The maximum absolute atomic E-state index is 12.5. The highest BCUT2D eigenvalue weighted by Gasteiger charge is 2.26. The summed E-state index contributed by atoms with van der Waals surface area (Å²) in [7, 11) is 0. The molecule has 2 N–H and O–H groups in total. The average molecular weight is 399 g/mol. The van der Waals surface area contributed by atoms with Gasteiger partial charge >= 0.3 is 6.09 Å². The van der Waals surface area contributed by atoms with Gasteiger partial charge in [-0.15, -0.1) is 0 Å². The number of nitrogens with one attached hydrogen (secondary N) is 2. The Morgan fingerprint density at radius 2 is 2.11 bits per heavy atom. The number of amides is 1. The molecule has 1 aliphatic rings. The lowest BCUT2D eigenvalue weighted by molar-refractivity contribution is 0.181. The fourth-order valence-corrected chi connectivity index (χ4v) is 3.56. The molecule has 8 heteroatoms. The van der Waals surface area contributed by atoms with Gasteiger partial charge in [0, 0.05) is 33.2 Å². The first-order valence-corrected chi connectivity index (χ1v) is 9.31. The largest absolute Gasteiger partial charge is 0.447 e. The third-order valence-electron chi connectivity index (χ3n) is 4.88. The number of nitrogens with zero attached hydrogens (tertiary/aromatic N) is 2. The van der Waals surface area contributed by atoms with E-state index in [4.69, 9.17) is 16.3 Å². The standard InChI is InChI=1S/C20H19ClN4O3/c1-11-17(25-7-8-28-20(25)27)5-6-22-18(11)23-12(2)15-10-13-9-14(21)3-4-16(13)24-19(15)26/h3-6,9-10,12H,7-8H2,1-2H3,(H,22,23)(H,24,26)/t12-/m0/s1. The van der Waals surface area contributed by atoms with Crippen LogP contribution in [0.15, 0.2) is 41.3 Å². The summed E-state index contributed by atoms with van der Waals surface area (Å²) in [6, 6.07) is 8.64. The number of fused-ring (bicyclic) bond motifs is 1. The Balaban J connectivity index is 1.66. The molecule has 0 spiro atoms. The van der Waals surface area contributed by atoms with Gasteiger partial charge in [0.2, 0.25) is 0 Å². The summed E-state index contributed by atoms with van der Waals surface area (Å²) in [6.45, 7) is 4.64. The summed E-state index contributed by atoms with van der Waals surface area (Å²) in [5, 5.41) is 4.74. The Hall–Kier alpha value is -3.06. The Labute approximate surface area is 166 Å². The molecule has 3 heterocycles. The quantitative estimate of drug-likeness (QED) is 0.693. The van der Waals surface area contributed by atoms with Gasteiger partial charge in [-0.3, -0.25) is 9.69 Å². The third kappa shape index (κ3) is 3.29. The number of hydrogen-bond acceptors (Lipinski definition) is 5. The van der Waals surface area contributed by atoms with Gasteiger partial charge in [-0.05, 0) is 44.2 Å². The van der Waals surface area contributed by atoms with Crippen LogP contribution in [0.3, 0.4) is 0 Å². The maximum atomic E-state index is 12.5. The first-order valence-electron chi connectivity index (χ1n) is 8.93. The van der Waals surface area contributed by atoms with Crippen molar-refractivity contribution in [2.45, 2.75) is 19.9 Å². The number of rotatable bonds is 4. The number of pyridine rings is 2. The van der Waals surface area contributed by atoms with Crippen molar-refractivity contribution in [1.29, 1.82) is 0 Å². The minimum atomic E-state index is -0.365. The van der Waals surface area contributed by atoms with Gasteiger partial charge in [0.1, 0.15) is 12.4 Å². The monoisotopic (exact) mass is 398 g/mol. The van der Waals surface area contributed by atoms with Crippen molar-refractivity contribution in [3.05, 3.63) is 63.0 Å². The Morgan fingerprint density at radius 3 is 2.86 bits per heavy atom. The number of hydrogen-bond donors (Lipinski definition) is 2. The van der Waals surface area contributed by atoms with Gasteiger partial charge < -0.3 is 15.0 Å².